The Bertz CT molecular complexity index is 1090. The fourth-order valence-corrected chi connectivity index (χ4v) is 5.51. The van der Waals surface area contributed by atoms with Crippen molar-refractivity contribution in [3.05, 3.63) is 42.1 Å². The second-order valence-corrected chi connectivity index (χ2v) is 11.9. The van der Waals surface area contributed by atoms with Crippen molar-refractivity contribution in [3.8, 4) is 0 Å². The first kappa shape index (κ1) is 29.3. The number of hydrogen-bond donors (Lipinski definition) is 3. The van der Waals surface area contributed by atoms with Gasteiger partial charge in [-0.15, -0.1) is 0 Å². The van der Waals surface area contributed by atoms with Gasteiger partial charge in [-0.1, -0.05) is 13.0 Å². The van der Waals surface area contributed by atoms with Crippen molar-refractivity contribution in [2.75, 3.05) is 28.7 Å². The van der Waals surface area contributed by atoms with Gasteiger partial charge in [-0.3, -0.25) is 4.79 Å². The maximum absolute atomic E-state index is 14.1. The van der Waals surface area contributed by atoms with E-state index in [2.05, 4.69) is 56.3 Å². The van der Waals surface area contributed by atoms with Gasteiger partial charge < -0.3 is 30.1 Å². The number of ether oxygens (including phenoxy) is 2. The number of carbonyl (C=O) groups excluding carboxylic acids is 1. The number of nitrogens with zero attached hydrogens (tertiary/aromatic N) is 2. The Kier molecular flexibility index (Phi) is 9.86. The number of carbonyl (C=O) groups is 1. The van der Waals surface area contributed by atoms with Crippen LogP contribution in [-0.4, -0.2) is 53.1 Å². The van der Waals surface area contributed by atoms with Gasteiger partial charge in [0.25, 0.3) is 0 Å². The number of anilines is 4. The van der Waals surface area contributed by atoms with E-state index in [1.165, 1.54) is 0 Å². The van der Waals surface area contributed by atoms with Crippen LogP contribution in [-0.2, 0) is 20.8 Å². The fourth-order valence-electron chi connectivity index (χ4n) is 5.51. The zero-order valence-corrected chi connectivity index (χ0v) is 24.2. The highest BCUT2D eigenvalue weighted by Crippen LogP contribution is 2.39. The van der Waals surface area contributed by atoms with Crippen molar-refractivity contribution in [1.29, 1.82) is 0 Å². The van der Waals surface area contributed by atoms with Crippen LogP contribution in [0.5, 0.6) is 0 Å². The third-order valence-corrected chi connectivity index (χ3v) is 7.47. The van der Waals surface area contributed by atoms with E-state index in [1.54, 1.807) is 6.20 Å². The molecule has 1 aliphatic heterocycles. The molecule has 0 bridgehead atoms. The highest BCUT2D eigenvalue weighted by molar-refractivity contribution is 6.00. The lowest BCUT2D eigenvalue weighted by molar-refractivity contribution is -0.126. The summed E-state index contributed by atoms with van der Waals surface area (Å²) in [5, 5.41) is 16.2. The molecule has 1 saturated carbocycles. The highest BCUT2D eigenvalue weighted by Gasteiger charge is 2.34. The molecule has 1 fully saturated rings. The third-order valence-electron chi connectivity index (χ3n) is 7.47. The molecule has 8 nitrogen and oxygen atoms in total. The van der Waals surface area contributed by atoms with Gasteiger partial charge in [0.2, 0.25) is 5.91 Å². The van der Waals surface area contributed by atoms with Gasteiger partial charge in [-0.2, -0.15) is 0 Å². The molecule has 0 unspecified atom stereocenters. The number of hydrogen-bond acceptors (Lipinski definition) is 7. The van der Waals surface area contributed by atoms with Crippen molar-refractivity contribution >= 4 is 28.8 Å². The molecular weight excluding hydrogens is 492 g/mol. The lowest BCUT2D eigenvalue weighted by atomic mass is 9.86. The average Bonchev–Trinajstić information content (AvgIpc) is 3.07. The number of pyridine rings is 1. The van der Waals surface area contributed by atoms with Crippen LogP contribution in [0.25, 0.3) is 0 Å². The lowest BCUT2D eigenvalue weighted by Crippen LogP contribution is -2.39. The van der Waals surface area contributed by atoms with E-state index >= 15 is 0 Å². The Labute approximate surface area is 233 Å². The van der Waals surface area contributed by atoms with Gasteiger partial charge in [0, 0.05) is 36.0 Å². The molecule has 1 aromatic heterocycles. The summed E-state index contributed by atoms with van der Waals surface area (Å²) < 4.78 is 12.2. The maximum Gasteiger partial charge on any atom is 0.230 e. The molecule has 0 radical (unpaired) electrons. The van der Waals surface area contributed by atoms with Crippen LogP contribution in [0, 0.1) is 5.92 Å². The van der Waals surface area contributed by atoms with Crippen molar-refractivity contribution < 1.29 is 19.4 Å². The van der Waals surface area contributed by atoms with Gasteiger partial charge in [0.05, 0.1) is 42.3 Å². The minimum absolute atomic E-state index is 0.0302. The molecule has 0 spiro atoms. The maximum atomic E-state index is 14.1. The Balaban J connectivity index is 1.52. The topological polar surface area (TPSA) is 96.0 Å². The monoisotopic (exact) mass is 538 g/mol. The van der Waals surface area contributed by atoms with Crippen molar-refractivity contribution in [3.63, 3.8) is 0 Å². The van der Waals surface area contributed by atoms with Gasteiger partial charge in [-0.25, -0.2) is 4.98 Å². The molecule has 1 aliphatic carbocycles. The molecule has 2 atom stereocenters. The number of amides is 1. The first-order valence-electron chi connectivity index (χ1n) is 14.5. The van der Waals surface area contributed by atoms with Crippen LogP contribution in [0.2, 0.25) is 0 Å². The molecule has 1 aromatic carbocycles. The number of rotatable bonds is 10. The highest BCUT2D eigenvalue weighted by atomic mass is 16.5. The second-order valence-electron chi connectivity index (χ2n) is 11.9. The van der Waals surface area contributed by atoms with E-state index < -0.39 is 0 Å². The van der Waals surface area contributed by atoms with Gasteiger partial charge >= 0.3 is 0 Å². The van der Waals surface area contributed by atoms with Crippen molar-refractivity contribution in [2.24, 2.45) is 5.92 Å². The molecule has 214 valence electrons. The van der Waals surface area contributed by atoms with Crippen LogP contribution in [0.1, 0.15) is 78.7 Å². The normalized spacial score (nSPS) is 20.7. The van der Waals surface area contributed by atoms with E-state index in [1.807, 2.05) is 29.2 Å². The van der Waals surface area contributed by atoms with E-state index in [0.29, 0.717) is 19.6 Å². The van der Waals surface area contributed by atoms with Crippen molar-refractivity contribution in [1.82, 2.24) is 4.98 Å². The molecule has 2 heterocycles. The summed E-state index contributed by atoms with van der Waals surface area (Å²) >= 11 is 0. The van der Waals surface area contributed by atoms with Crippen molar-refractivity contribution in [2.45, 2.75) is 104 Å². The van der Waals surface area contributed by atoms with Gasteiger partial charge in [0.1, 0.15) is 5.82 Å². The van der Waals surface area contributed by atoms with Crippen LogP contribution < -0.4 is 15.5 Å². The summed E-state index contributed by atoms with van der Waals surface area (Å²) in [6, 6.07) is 10.1. The predicted octanol–water partition coefficient (Wildman–Crippen LogP) is 6.02. The number of nitrogens with one attached hydrogen (secondary N) is 2. The average molecular weight is 539 g/mol. The number of benzene rings is 1. The Morgan fingerprint density at radius 2 is 2.00 bits per heavy atom. The summed E-state index contributed by atoms with van der Waals surface area (Å²) in [6.07, 6.45) is 7.02. The first-order chi connectivity index (χ1) is 18.7. The number of aromatic nitrogens is 1. The Hall–Kier alpha value is -2.68. The standard InChI is InChI=1S/C31H46N4O4/c1-6-25(15-17-36)38-20-21(2)33-24-11-14-27-28(18-24)35(19-23-8-7-16-32-29(23)34-27)30(37)22-9-12-26(13-10-22)39-31(3,4)5/h7-8,11,14,16,18,21-22,25-26,33,36H,6,9-10,12-13,15,17,19-20H2,1-5H3,(H,32,34)/t21-,22-,25-,26-/m0/s1. The van der Waals surface area contributed by atoms with Gasteiger partial charge in [-0.05, 0) is 90.5 Å². The lowest BCUT2D eigenvalue weighted by Gasteiger charge is -2.35. The fraction of sp³-hybridized carbons (Fsp3) is 0.613. The quantitative estimate of drug-likeness (QED) is 0.340. The molecule has 8 heteroatoms. The first-order valence-corrected chi connectivity index (χ1v) is 14.5. The smallest absolute Gasteiger partial charge is 0.230 e. The minimum Gasteiger partial charge on any atom is -0.396 e. The molecule has 4 rings (SSSR count). The zero-order valence-electron chi connectivity index (χ0n) is 24.2. The molecule has 2 aliphatic rings. The SMILES string of the molecule is CC[C@@H](CCO)OC[C@H](C)Nc1ccc2c(c1)N(C(=O)[C@H]1CC[C@H](OC(C)(C)C)CC1)Cc1cccnc1N2. The molecular formula is C31H46N4O4. The summed E-state index contributed by atoms with van der Waals surface area (Å²) in [5.74, 6) is 0.915. The largest absolute Gasteiger partial charge is 0.396 e. The number of fused-ring (bicyclic) bond motifs is 2. The van der Waals surface area contributed by atoms with E-state index in [-0.39, 0.29) is 42.3 Å². The molecule has 39 heavy (non-hydrogen) atoms. The van der Waals surface area contributed by atoms with Gasteiger partial charge in [0.15, 0.2) is 0 Å². The predicted molar refractivity (Wildman–Crippen MR) is 157 cm³/mol. The third kappa shape index (κ3) is 7.93. The van der Waals surface area contributed by atoms with E-state index in [9.17, 15) is 9.90 Å². The second kappa shape index (κ2) is 13.1. The van der Waals surface area contributed by atoms with Crippen LogP contribution >= 0.6 is 0 Å². The molecule has 2 aromatic rings. The summed E-state index contributed by atoms with van der Waals surface area (Å²) in [6.45, 7) is 11.6. The van der Waals surface area contributed by atoms with E-state index in [4.69, 9.17) is 9.47 Å². The Morgan fingerprint density at radius 3 is 2.69 bits per heavy atom. The number of aliphatic hydroxyl groups is 1. The molecule has 3 N–H and O–H groups in total. The van der Waals surface area contributed by atoms with Crippen LogP contribution in [0.4, 0.5) is 22.9 Å². The minimum atomic E-state index is -0.171. The molecule has 0 saturated heterocycles. The summed E-state index contributed by atoms with van der Waals surface area (Å²) in [7, 11) is 0. The summed E-state index contributed by atoms with van der Waals surface area (Å²) in [4.78, 5) is 20.5. The Morgan fingerprint density at radius 1 is 1.23 bits per heavy atom. The van der Waals surface area contributed by atoms with E-state index in [0.717, 1.165) is 60.5 Å². The number of aliphatic hydroxyl groups excluding tert-OH is 1. The van der Waals surface area contributed by atoms with Crippen LogP contribution in [0.15, 0.2) is 36.5 Å². The van der Waals surface area contributed by atoms with Crippen LogP contribution in [0.3, 0.4) is 0 Å². The zero-order chi connectivity index (χ0) is 28.0. The molecule has 1 amide bonds. The summed E-state index contributed by atoms with van der Waals surface area (Å²) in [5.41, 5.74) is 3.48.